The molecule has 0 spiro atoms. The summed E-state index contributed by atoms with van der Waals surface area (Å²) < 4.78 is 11.2. The lowest BCUT2D eigenvalue weighted by atomic mass is 9.83. The van der Waals surface area contributed by atoms with E-state index in [1.807, 2.05) is 24.3 Å². The molecule has 0 N–H and O–H groups in total. The largest absolute Gasteiger partial charge is 0.497 e. The van der Waals surface area contributed by atoms with Crippen LogP contribution in [0.4, 0.5) is 0 Å². The molecule has 0 aromatic heterocycles. The minimum Gasteiger partial charge on any atom is -0.497 e. The fraction of sp³-hybridized carbons (Fsp3) is 0.529. The maximum Gasteiger partial charge on any atom is 0.240 e. The number of nitrogens with zero attached hydrogens (tertiary/aromatic N) is 2. The summed E-state index contributed by atoms with van der Waals surface area (Å²) in [5, 5.41) is 6.20. The van der Waals surface area contributed by atoms with Gasteiger partial charge in [0.1, 0.15) is 5.75 Å². The van der Waals surface area contributed by atoms with Crippen molar-refractivity contribution in [1.82, 2.24) is 5.01 Å². The number of amides is 1. The van der Waals surface area contributed by atoms with Gasteiger partial charge < -0.3 is 9.47 Å². The van der Waals surface area contributed by atoms with Gasteiger partial charge in [0.05, 0.1) is 25.4 Å². The van der Waals surface area contributed by atoms with Crippen molar-refractivity contribution in [2.75, 3.05) is 13.7 Å². The Kier molecular flexibility index (Phi) is 3.68. The SMILES string of the molecule is COc1ccc(C2C3COC(C)(C)CC3=NN2C(C)=O)cc1. The summed E-state index contributed by atoms with van der Waals surface area (Å²) in [5.74, 6) is 0.893. The number of hydrogen-bond donors (Lipinski definition) is 0. The number of ether oxygens (including phenoxy) is 2. The Morgan fingerprint density at radius 3 is 2.64 bits per heavy atom. The average Bonchev–Trinajstić information content (AvgIpc) is 2.84. The number of methoxy groups -OCH3 is 1. The molecule has 2 aliphatic rings. The van der Waals surface area contributed by atoms with Crippen LogP contribution in [0.2, 0.25) is 0 Å². The monoisotopic (exact) mass is 302 g/mol. The van der Waals surface area contributed by atoms with Crippen molar-refractivity contribution in [2.24, 2.45) is 11.0 Å². The van der Waals surface area contributed by atoms with Crippen molar-refractivity contribution in [3.8, 4) is 5.75 Å². The van der Waals surface area contributed by atoms with Crippen LogP contribution >= 0.6 is 0 Å². The summed E-state index contributed by atoms with van der Waals surface area (Å²) in [5.41, 5.74) is 1.90. The highest BCUT2D eigenvalue weighted by molar-refractivity contribution is 5.93. The first-order valence-electron chi connectivity index (χ1n) is 7.56. The van der Waals surface area contributed by atoms with Crippen molar-refractivity contribution in [3.05, 3.63) is 29.8 Å². The normalized spacial score (nSPS) is 26.4. The smallest absolute Gasteiger partial charge is 0.240 e. The number of fused-ring (bicyclic) bond motifs is 1. The minimum atomic E-state index is -0.216. The maximum absolute atomic E-state index is 12.0. The molecule has 0 saturated carbocycles. The highest BCUT2D eigenvalue weighted by Gasteiger charge is 2.45. The highest BCUT2D eigenvalue weighted by Crippen LogP contribution is 2.42. The van der Waals surface area contributed by atoms with Crippen molar-refractivity contribution in [1.29, 1.82) is 0 Å². The van der Waals surface area contributed by atoms with Crippen LogP contribution in [-0.4, -0.2) is 35.9 Å². The molecule has 3 rings (SSSR count). The molecule has 5 heteroatoms. The Balaban J connectivity index is 1.93. The van der Waals surface area contributed by atoms with Gasteiger partial charge in [0.25, 0.3) is 0 Å². The quantitative estimate of drug-likeness (QED) is 0.844. The second-order valence-electron chi connectivity index (χ2n) is 6.53. The summed E-state index contributed by atoms with van der Waals surface area (Å²) in [6.45, 7) is 6.27. The number of hydrazone groups is 1. The second-order valence-corrected chi connectivity index (χ2v) is 6.53. The van der Waals surface area contributed by atoms with Crippen LogP contribution in [0.5, 0.6) is 5.75 Å². The zero-order valence-corrected chi connectivity index (χ0v) is 13.5. The van der Waals surface area contributed by atoms with Crippen molar-refractivity contribution >= 4 is 11.6 Å². The molecule has 2 unspecified atom stereocenters. The molecule has 0 aliphatic carbocycles. The Morgan fingerprint density at radius 1 is 1.36 bits per heavy atom. The molecule has 2 atom stereocenters. The second kappa shape index (κ2) is 5.39. The number of hydrogen-bond acceptors (Lipinski definition) is 4. The van der Waals surface area contributed by atoms with E-state index < -0.39 is 0 Å². The van der Waals surface area contributed by atoms with Gasteiger partial charge in [-0.05, 0) is 31.5 Å². The van der Waals surface area contributed by atoms with E-state index in [4.69, 9.17) is 9.47 Å². The van der Waals surface area contributed by atoms with Crippen LogP contribution in [-0.2, 0) is 9.53 Å². The van der Waals surface area contributed by atoms with E-state index in [2.05, 4.69) is 18.9 Å². The summed E-state index contributed by atoms with van der Waals surface area (Å²) in [6.07, 6.45) is 0.758. The first-order valence-corrected chi connectivity index (χ1v) is 7.56. The van der Waals surface area contributed by atoms with Gasteiger partial charge in [-0.1, -0.05) is 12.1 Å². The van der Waals surface area contributed by atoms with Gasteiger partial charge in [-0.2, -0.15) is 5.10 Å². The van der Waals surface area contributed by atoms with Gasteiger partial charge >= 0.3 is 0 Å². The maximum atomic E-state index is 12.0. The molecule has 1 saturated heterocycles. The molecule has 118 valence electrons. The zero-order chi connectivity index (χ0) is 15.9. The van der Waals surface area contributed by atoms with Gasteiger partial charge in [-0.15, -0.1) is 0 Å². The van der Waals surface area contributed by atoms with Gasteiger partial charge in [-0.3, -0.25) is 4.79 Å². The van der Waals surface area contributed by atoms with E-state index in [1.54, 1.807) is 19.0 Å². The molecule has 1 fully saturated rings. The number of benzene rings is 1. The third-order valence-electron chi connectivity index (χ3n) is 4.35. The zero-order valence-electron chi connectivity index (χ0n) is 13.5. The summed E-state index contributed by atoms with van der Waals surface area (Å²) >= 11 is 0. The molecule has 2 aliphatic heterocycles. The van der Waals surface area contributed by atoms with Crippen LogP contribution in [0, 0.1) is 5.92 Å². The Morgan fingerprint density at radius 2 is 2.05 bits per heavy atom. The van der Waals surface area contributed by atoms with Gasteiger partial charge in [0.15, 0.2) is 0 Å². The van der Waals surface area contributed by atoms with E-state index in [9.17, 15) is 4.79 Å². The van der Waals surface area contributed by atoms with Crippen molar-refractivity contribution < 1.29 is 14.3 Å². The van der Waals surface area contributed by atoms with Gasteiger partial charge in [0.2, 0.25) is 5.91 Å². The molecule has 1 aromatic carbocycles. The molecular formula is C17H22N2O3. The van der Waals surface area contributed by atoms with E-state index >= 15 is 0 Å². The molecule has 0 bridgehead atoms. The first kappa shape index (κ1) is 15.0. The predicted molar refractivity (Wildman–Crippen MR) is 83.8 cm³/mol. The summed E-state index contributed by atoms with van der Waals surface area (Å²) in [6, 6.07) is 7.74. The van der Waals surface area contributed by atoms with Crippen LogP contribution in [0.15, 0.2) is 29.4 Å². The van der Waals surface area contributed by atoms with Crippen LogP contribution in [0.3, 0.4) is 0 Å². The lowest BCUT2D eigenvalue weighted by Crippen LogP contribution is -2.41. The standard InChI is InChI=1S/C17H22N2O3/c1-11(20)19-16(12-5-7-13(21-4)8-6-12)14-10-22-17(2,3)9-15(14)18-19/h5-8,14,16H,9-10H2,1-4H3. The van der Waals surface area contributed by atoms with E-state index in [1.165, 1.54) is 0 Å². The van der Waals surface area contributed by atoms with E-state index in [0.717, 1.165) is 23.4 Å². The predicted octanol–water partition coefficient (Wildman–Crippen LogP) is 2.77. The Labute approximate surface area is 130 Å². The lowest BCUT2D eigenvalue weighted by Gasteiger charge is -2.35. The Bertz CT molecular complexity index is 607. The van der Waals surface area contributed by atoms with Crippen LogP contribution < -0.4 is 4.74 Å². The van der Waals surface area contributed by atoms with Crippen molar-refractivity contribution in [2.45, 2.75) is 38.8 Å². The van der Waals surface area contributed by atoms with E-state index in [0.29, 0.717) is 6.61 Å². The molecule has 1 aromatic rings. The average molecular weight is 302 g/mol. The Hall–Kier alpha value is -1.88. The topological polar surface area (TPSA) is 51.1 Å². The third kappa shape index (κ3) is 2.61. The summed E-state index contributed by atoms with van der Waals surface area (Å²) in [4.78, 5) is 12.0. The molecular weight excluding hydrogens is 280 g/mol. The molecule has 22 heavy (non-hydrogen) atoms. The van der Waals surface area contributed by atoms with Crippen LogP contribution in [0.25, 0.3) is 0 Å². The fourth-order valence-corrected chi connectivity index (χ4v) is 3.22. The molecule has 5 nitrogen and oxygen atoms in total. The van der Waals surface area contributed by atoms with Gasteiger partial charge in [-0.25, -0.2) is 5.01 Å². The molecule has 0 radical (unpaired) electrons. The fourth-order valence-electron chi connectivity index (χ4n) is 3.22. The number of carbonyl (C=O) groups is 1. The first-order chi connectivity index (χ1) is 10.4. The highest BCUT2D eigenvalue weighted by atomic mass is 16.5. The van der Waals surface area contributed by atoms with Crippen molar-refractivity contribution in [3.63, 3.8) is 0 Å². The number of carbonyl (C=O) groups excluding carboxylic acids is 1. The van der Waals surface area contributed by atoms with E-state index in [-0.39, 0.29) is 23.5 Å². The lowest BCUT2D eigenvalue weighted by molar-refractivity contribution is -0.131. The van der Waals surface area contributed by atoms with Crippen LogP contribution in [0.1, 0.15) is 38.8 Å². The van der Waals surface area contributed by atoms with Gasteiger partial charge in [0, 0.05) is 25.0 Å². The number of rotatable bonds is 2. The molecule has 2 heterocycles. The third-order valence-corrected chi connectivity index (χ3v) is 4.35. The molecule has 1 amide bonds. The minimum absolute atomic E-state index is 0.0412. The summed E-state index contributed by atoms with van der Waals surface area (Å²) in [7, 11) is 1.64.